The molecular formula is C25H38N7O4P. The molecule has 0 aliphatic rings. The van der Waals surface area contributed by atoms with Crippen LogP contribution in [0.25, 0.3) is 11.2 Å². The number of fused-ring (bicyclic) bond motifs is 1. The van der Waals surface area contributed by atoms with Crippen LogP contribution in [-0.4, -0.2) is 50.1 Å². The Hall–Kier alpha value is -2.85. The monoisotopic (exact) mass is 531 g/mol. The first kappa shape index (κ1) is 28.7. The number of esters is 1. The van der Waals surface area contributed by atoms with Crippen molar-refractivity contribution in [1.29, 1.82) is 0 Å². The normalized spacial score (nSPS) is 15.3. The van der Waals surface area contributed by atoms with E-state index in [1.807, 2.05) is 56.5 Å². The maximum Gasteiger partial charge on any atom is 0.326 e. The second-order valence-electron chi connectivity index (χ2n) is 9.81. The summed E-state index contributed by atoms with van der Waals surface area (Å²) in [5.74, 6) is -0.174. The van der Waals surface area contributed by atoms with E-state index in [2.05, 4.69) is 25.1 Å². The van der Waals surface area contributed by atoms with E-state index in [4.69, 9.17) is 15.2 Å². The van der Waals surface area contributed by atoms with Crippen molar-refractivity contribution >= 4 is 30.4 Å². The maximum atomic E-state index is 14.2. The SMILES string of the molecule is CCCOC(=O)C(C)(C)NP(=O)(CO[C@H](C)Cn1cnc2c(N)ncnc21)N[C@@H](C)c1ccc(C)cc1. The molecule has 0 aliphatic carbocycles. The molecular weight excluding hydrogens is 493 g/mol. The summed E-state index contributed by atoms with van der Waals surface area (Å²) in [6, 6.07) is 7.71. The number of hydrogen-bond donors (Lipinski definition) is 3. The van der Waals surface area contributed by atoms with Gasteiger partial charge in [0.1, 0.15) is 23.7 Å². The molecule has 2 aromatic heterocycles. The number of nitrogens with two attached hydrogens (primary N) is 1. The Bertz CT molecular complexity index is 1250. The summed E-state index contributed by atoms with van der Waals surface area (Å²) in [5, 5.41) is 6.23. The van der Waals surface area contributed by atoms with Crippen molar-refractivity contribution in [2.75, 3.05) is 18.7 Å². The number of benzene rings is 1. The Balaban J connectivity index is 1.76. The highest BCUT2D eigenvalue weighted by molar-refractivity contribution is 7.59. The fourth-order valence-corrected chi connectivity index (χ4v) is 6.25. The van der Waals surface area contributed by atoms with Gasteiger partial charge in [-0.1, -0.05) is 36.8 Å². The van der Waals surface area contributed by atoms with Gasteiger partial charge in [0, 0.05) is 6.04 Å². The summed E-state index contributed by atoms with van der Waals surface area (Å²) in [7, 11) is -3.45. The fourth-order valence-electron chi connectivity index (χ4n) is 3.81. The molecule has 3 atom stereocenters. The Kier molecular flexibility index (Phi) is 9.41. The van der Waals surface area contributed by atoms with Gasteiger partial charge in [-0.25, -0.2) is 25.1 Å². The molecule has 0 saturated carbocycles. The number of carbonyl (C=O) groups excluding carboxylic acids is 1. The number of nitrogens with one attached hydrogen (secondary N) is 2. The third-order valence-corrected chi connectivity index (χ3v) is 8.05. The number of imidazole rings is 1. The number of nitrogens with zero attached hydrogens (tertiary/aromatic N) is 4. The largest absolute Gasteiger partial charge is 0.464 e. The number of aryl methyl sites for hydroxylation is 1. The van der Waals surface area contributed by atoms with Crippen molar-refractivity contribution in [3.05, 3.63) is 48.0 Å². The van der Waals surface area contributed by atoms with E-state index < -0.39 is 19.0 Å². The van der Waals surface area contributed by atoms with E-state index in [0.717, 1.165) is 11.1 Å². The van der Waals surface area contributed by atoms with Gasteiger partial charge in [-0.3, -0.25) is 9.36 Å². The minimum absolute atomic E-state index is 0.154. The molecule has 3 aromatic rings. The zero-order valence-corrected chi connectivity index (χ0v) is 23.3. The summed E-state index contributed by atoms with van der Waals surface area (Å²) < 4.78 is 27.4. The second-order valence-corrected chi connectivity index (χ2v) is 12.0. The molecule has 3 rings (SSSR count). The van der Waals surface area contributed by atoms with Crippen molar-refractivity contribution in [3.63, 3.8) is 0 Å². The van der Waals surface area contributed by atoms with E-state index >= 15 is 0 Å². The molecule has 4 N–H and O–H groups in total. The van der Waals surface area contributed by atoms with Crippen molar-refractivity contribution in [2.24, 2.45) is 0 Å². The number of hydrogen-bond acceptors (Lipinski definition) is 8. The van der Waals surface area contributed by atoms with Gasteiger partial charge in [0.2, 0.25) is 7.44 Å². The van der Waals surface area contributed by atoms with Gasteiger partial charge >= 0.3 is 5.97 Å². The van der Waals surface area contributed by atoms with E-state index in [1.165, 1.54) is 6.33 Å². The number of aromatic nitrogens is 4. The van der Waals surface area contributed by atoms with Crippen LogP contribution in [0.4, 0.5) is 5.82 Å². The number of rotatable bonds is 13. The van der Waals surface area contributed by atoms with E-state index in [9.17, 15) is 9.36 Å². The molecule has 1 unspecified atom stereocenters. The summed E-state index contributed by atoms with van der Waals surface area (Å²) >= 11 is 0. The number of nitrogen functional groups attached to an aromatic ring is 1. The van der Waals surface area contributed by atoms with Crippen molar-refractivity contribution in [3.8, 4) is 0 Å². The molecule has 12 heteroatoms. The van der Waals surface area contributed by atoms with Crippen LogP contribution in [0.5, 0.6) is 0 Å². The van der Waals surface area contributed by atoms with E-state index in [0.29, 0.717) is 36.6 Å². The van der Waals surface area contributed by atoms with Crippen molar-refractivity contribution in [2.45, 2.75) is 72.2 Å². The second kappa shape index (κ2) is 12.1. The molecule has 0 spiro atoms. The summed E-state index contributed by atoms with van der Waals surface area (Å²) in [5.41, 5.74) is 7.89. The minimum Gasteiger partial charge on any atom is -0.464 e. The molecule has 0 radical (unpaired) electrons. The molecule has 0 aliphatic heterocycles. The van der Waals surface area contributed by atoms with Crippen molar-refractivity contribution < 1.29 is 18.8 Å². The molecule has 202 valence electrons. The first-order valence-corrected chi connectivity index (χ1v) is 14.3. The van der Waals surface area contributed by atoms with Gasteiger partial charge in [-0.05, 0) is 46.6 Å². The predicted molar refractivity (Wildman–Crippen MR) is 144 cm³/mol. The highest BCUT2D eigenvalue weighted by atomic mass is 31.2. The highest BCUT2D eigenvalue weighted by Crippen LogP contribution is 2.42. The predicted octanol–water partition coefficient (Wildman–Crippen LogP) is 3.94. The molecule has 0 saturated heterocycles. The van der Waals surface area contributed by atoms with Crippen LogP contribution in [-0.2, 0) is 25.4 Å². The van der Waals surface area contributed by atoms with E-state index in [-0.39, 0.29) is 18.5 Å². The van der Waals surface area contributed by atoms with Crippen LogP contribution in [0.1, 0.15) is 58.2 Å². The fraction of sp³-hybridized carbons (Fsp3) is 0.520. The molecule has 0 amide bonds. The Morgan fingerprint density at radius 3 is 2.57 bits per heavy atom. The van der Waals surface area contributed by atoms with Gasteiger partial charge in [-0.15, -0.1) is 0 Å². The zero-order chi connectivity index (χ0) is 27.2. The third kappa shape index (κ3) is 7.58. The first-order valence-electron chi connectivity index (χ1n) is 12.4. The van der Waals surface area contributed by atoms with Crippen LogP contribution in [0, 0.1) is 6.92 Å². The number of carbonyl (C=O) groups is 1. The summed E-state index contributed by atoms with van der Waals surface area (Å²) in [4.78, 5) is 25.2. The lowest BCUT2D eigenvalue weighted by atomic mass is 10.1. The van der Waals surface area contributed by atoms with E-state index in [1.54, 1.807) is 20.2 Å². The quantitative estimate of drug-likeness (QED) is 0.219. The van der Waals surface area contributed by atoms with Crippen LogP contribution in [0.2, 0.25) is 0 Å². The average Bonchev–Trinajstić information content (AvgIpc) is 3.25. The molecule has 2 heterocycles. The van der Waals surface area contributed by atoms with Crippen LogP contribution < -0.4 is 15.9 Å². The highest BCUT2D eigenvalue weighted by Gasteiger charge is 2.38. The molecule has 0 bridgehead atoms. The molecule has 0 fully saturated rings. The van der Waals surface area contributed by atoms with Gasteiger partial charge in [-0.2, -0.15) is 0 Å². The average molecular weight is 532 g/mol. The van der Waals surface area contributed by atoms with Gasteiger partial charge in [0.25, 0.3) is 0 Å². The molecule has 37 heavy (non-hydrogen) atoms. The summed E-state index contributed by atoms with van der Waals surface area (Å²) in [6.07, 6.45) is 3.20. The Morgan fingerprint density at radius 1 is 1.19 bits per heavy atom. The zero-order valence-electron chi connectivity index (χ0n) is 22.4. The smallest absolute Gasteiger partial charge is 0.326 e. The Labute approximate surface area is 218 Å². The van der Waals surface area contributed by atoms with Gasteiger partial charge < -0.3 is 19.8 Å². The lowest BCUT2D eigenvalue weighted by molar-refractivity contribution is -0.149. The maximum absolute atomic E-state index is 14.2. The Morgan fingerprint density at radius 2 is 1.89 bits per heavy atom. The van der Waals surface area contributed by atoms with Crippen LogP contribution in [0.15, 0.2) is 36.9 Å². The van der Waals surface area contributed by atoms with Gasteiger partial charge in [0.15, 0.2) is 11.5 Å². The van der Waals surface area contributed by atoms with Crippen molar-refractivity contribution in [1.82, 2.24) is 29.7 Å². The first-order chi connectivity index (χ1) is 17.4. The lowest BCUT2D eigenvalue weighted by Crippen LogP contribution is -2.49. The standard InChI is InChI=1S/C25H38N7O4P/c1-7-12-35-24(33)25(5,6)31-37(34,30-19(4)20-10-8-17(2)9-11-20)16-36-18(3)13-32-15-29-21-22(26)27-14-28-23(21)32/h8-11,14-15,18-19H,7,12-13,16H2,1-6H3,(H2,26,27,28)(H2,30,31,34)/t18-,19+,37?/m1/s1. The minimum atomic E-state index is -3.45. The third-order valence-electron chi connectivity index (χ3n) is 5.81. The lowest BCUT2D eigenvalue weighted by Gasteiger charge is -2.33. The van der Waals surface area contributed by atoms with Crippen LogP contribution in [0.3, 0.4) is 0 Å². The topological polar surface area (TPSA) is 146 Å². The number of anilines is 1. The molecule has 1 aromatic carbocycles. The number of ether oxygens (including phenoxy) is 2. The van der Waals surface area contributed by atoms with Crippen LogP contribution >= 0.6 is 7.44 Å². The summed E-state index contributed by atoms with van der Waals surface area (Å²) in [6.45, 7) is 11.7. The molecule has 11 nitrogen and oxygen atoms in total. The van der Waals surface area contributed by atoms with Gasteiger partial charge in [0.05, 0.1) is 25.6 Å².